The van der Waals surface area contributed by atoms with Crippen LogP contribution in [0.25, 0.3) is 16.8 Å². The van der Waals surface area contributed by atoms with E-state index in [1.807, 2.05) is 73.7 Å². The molecule has 5 heteroatoms. The Morgan fingerprint density at radius 1 is 1.09 bits per heavy atom. The average molecular weight is 462 g/mol. The number of hydrogen-bond donors (Lipinski definition) is 0. The molecule has 0 unspecified atom stereocenters. The van der Waals surface area contributed by atoms with Crippen LogP contribution in [0.5, 0.6) is 5.75 Å². The summed E-state index contributed by atoms with van der Waals surface area (Å²) >= 11 is 0. The Labute approximate surface area is 205 Å². The third-order valence-electron chi connectivity index (χ3n) is 6.56. The molecule has 5 nitrogen and oxygen atoms in total. The summed E-state index contributed by atoms with van der Waals surface area (Å²) in [6, 6.07) is 24.0. The molecule has 0 radical (unpaired) electrons. The molecule has 174 valence electrons. The molecule has 35 heavy (non-hydrogen) atoms. The van der Waals surface area contributed by atoms with Gasteiger partial charge in [0, 0.05) is 18.4 Å². The van der Waals surface area contributed by atoms with Gasteiger partial charge in [-0.15, -0.1) is 0 Å². The van der Waals surface area contributed by atoms with Crippen molar-refractivity contribution in [2.75, 3.05) is 6.61 Å². The Kier molecular flexibility index (Phi) is 6.20. The van der Waals surface area contributed by atoms with Gasteiger partial charge in [0.25, 0.3) is 5.56 Å². The molecule has 0 spiro atoms. The number of ether oxygens (including phenoxy) is 1. The maximum absolute atomic E-state index is 14.0. The van der Waals surface area contributed by atoms with E-state index in [1.54, 1.807) is 4.57 Å². The Hall–Kier alpha value is -4.17. The molecule has 0 aliphatic carbocycles. The lowest BCUT2D eigenvalue weighted by atomic mass is 9.92. The van der Waals surface area contributed by atoms with Crippen LogP contribution in [0.1, 0.15) is 47.1 Å². The summed E-state index contributed by atoms with van der Waals surface area (Å²) in [4.78, 5) is 18.8. The highest BCUT2D eigenvalue weighted by Gasteiger charge is 2.20. The van der Waals surface area contributed by atoms with E-state index in [-0.39, 0.29) is 5.56 Å². The van der Waals surface area contributed by atoms with Crippen LogP contribution in [0.3, 0.4) is 0 Å². The summed E-state index contributed by atoms with van der Waals surface area (Å²) in [6.07, 6.45) is 2.79. The standard InChI is InChI=1S/C30H27N3O2/c1-3-8-28-26(18-22-11-7-12-25(27(22)19-31)21-9-5-4-6-10-21)30(34)33(20(2)32-28)24-13-14-29-23(17-24)15-16-35-29/h4-7,9-14,17H,3,8,15-16,18H2,1-2H3. The Morgan fingerprint density at radius 3 is 2.69 bits per heavy atom. The van der Waals surface area contributed by atoms with Crippen LogP contribution in [-0.2, 0) is 19.3 Å². The van der Waals surface area contributed by atoms with Crippen LogP contribution in [0.2, 0.25) is 0 Å². The SMILES string of the molecule is CCCc1nc(C)n(-c2ccc3c(c2)CCO3)c(=O)c1Cc1cccc(-c2ccccc2)c1C#N. The largest absolute Gasteiger partial charge is 0.493 e. The zero-order valence-electron chi connectivity index (χ0n) is 20.0. The van der Waals surface area contributed by atoms with Crippen molar-refractivity contribution >= 4 is 0 Å². The van der Waals surface area contributed by atoms with Crippen LogP contribution in [0.15, 0.2) is 71.5 Å². The molecular weight excluding hydrogens is 434 g/mol. The molecule has 1 aliphatic rings. The first-order valence-electron chi connectivity index (χ1n) is 12.1. The second-order valence-corrected chi connectivity index (χ2v) is 8.86. The Balaban J connectivity index is 1.65. The lowest BCUT2D eigenvalue weighted by molar-refractivity contribution is 0.357. The predicted octanol–water partition coefficient (Wildman–Crippen LogP) is 5.56. The third-order valence-corrected chi connectivity index (χ3v) is 6.56. The summed E-state index contributed by atoms with van der Waals surface area (Å²) in [5, 5.41) is 10.1. The smallest absolute Gasteiger partial charge is 0.261 e. The van der Waals surface area contributed by atoms with Gasteiger partial charge >= 0.3 is 0 Å². The minimum atomic E-state index is -0.0752. The molecule has 3 aromatic carbocycles. The van der Waals surface area contributed by atoms with Gasteiger partial charge in [0.15, 0.2) is 0 Å². The van der Waals surface area contributed by atoms with Crippen LogP contribution >= 0.6 is 0 Å². The molecule has 1 aromatic heterocycles. The second kappa shape index (κ2) is 9.60. The molecule has 0 saturated heterocycles. The first-order valence-corrected chi connectivity index (χ1v) is 12.1. The van der Waals surface area contributed by atoms with E-state index in [0.717, 1.165) is 52.2 Å². The first kappa shape index (κ1) is 22.6. The van der Waals surface area contributed by atoms with Crippen molar-refractivity contribution in [3.05, 3.63) is 111 Å². The minimum Gasteiger partial charge on any atom is -0.493 e. The van der Waals surface area contributed by atoms with E-state index in [1.165, 1.54) is 0 Å². The van der Waals surface area contributed by atoms with Crippen molar-refractivity contribution in [2.45, 2.75) is 39.5 Å². The summed E-state index contributed by atoms with van der Waals surface area (Å²) in [5.41, 5.74) is 6.59. The molecule has 1 aliphatic heterocycles. The zero-order chi connectivity index (χ0) is 24.4. The fraction of sp³-hybridized carbons (Fsp3) is 0.233. The van der Waals surface area contributed by atoms with Crippen LogP contribution in [0.4, 0.5) is 0 Å². The van der Waals surface area contributed by atoms with Gasteiger partial charge in [-0.1, -0.05) is 61.9 Å². The third kappa shape index (κ3) is 4.24. The van der Waals surface area contributed by atoms with Gasteiger partial charge in [0.2, 0.25) is 0 Å². The predicted molar refractivity (Wildman–Crippen MR) is 137 cm³/mol. The highest BCUT2D eigenvalue weighted by molar-refractivity contribution is 5.72. The van der Waals surface area contributed by atoms with Crippen LogP contribution < -0.4 is 10.3 Å². The highest BCUT2D eigenvalue weighted by atomic mass is 16.5. The van der Waals surface area contributed by atoms with Gasteiger partial charge in [0.1, 0.15) is 17.6 Å². The number of hydrogen-bond acceptors (Lipinski definition) is 4. The molecule has 0 N–H and O–H groups in total. The number of rotatable bonds is 6. The van der Waals surface area contributed by atoms with Crippen molar-refractivity contribution in [3.63, 3.8) is 0 Å². The molecule has 0 amide bonds. The quantitative estimate of drug-likeness (QED) is 0.377. The molecule has 0 fully saturated rings. The van der Waals surface area contributed by atoms with E-state index in [2.05, 4.69) is 13.0 Å². The topological polar surface area (TPSA) is 67.9 Å². The zero-order valence-corrected chi connectivity index (χ0v) is 20.0. The van der Waals surface area contributed by atoms with E-state index >= 15 is 0 Å². The van der Waals surface area contributed by atoms with Crippen molar-refractivity contribution in [1.82, 2.24) is 9.55 Å². The number of nitrogens with zero attached hydrogens (tertiary/aromatic N) is 3. The van der Waals surface area contributed by atoms with E-state index in [9.17, 15) is 10.1 Å². The summed E-state index contributed by atoms with van der Waals surface area (Å²) in [6.45, 7) is 4.63. The maximum atomic E-state index is 14.0. The number of aryl methyl sites for hydroxylation is 2. The molecule has 0 atom stereocenters. The van der Waals surface area contributed by atoms with Gasteiger partial charge in [-0.2, -0.15) is 5.26 Å². The fourth-order valence-electron chi connectivity index (χ4n) is 4.88. The van der Waals surface area contributed by atoms with Gasteiger partial charge in [-0.05, 0) is 53.8 Å². The lowest BCUT2D eigenvalue weighted by Crippen LogP contribution is -2.28. The molecule has 4 aromatic rings. The summed E-state index contributed by atoms with van der Waals surface area (Å²) in [5.74, 6) is 1.55. The fourth-order valence-corrected chi connectivity index (χ4v) is 4.88. The summed E-state index contributed by atoms with van der Waals surface area (Å²) in [7, 11) is 0. The van der Waals surface area contributed by atoms with Gasteiger partial charge in [-0.25, -0.2) is 4.98 Å². The normalized spacial score (nSPS) is 12.1. The maximum Gasteiger partial charge on any atom is 0.261 e. The first-order chi connectivity index (χ1) is 17.1. The van der Waals surface area contributed by atoms with E-state index in [4.69, 9.17) is 9.72 Å². The van der Waals surface area contributed by atoms with E-state index in [0.29, 0.717) is 36.4 Å². The number of fused-ring (bicyclic) bond motifs is 1. The molecule has 0 bridgehead atoms. The monoisotopic (exact) mass is 461 g/mol. The van der Waals surface area contributed by atoms with Crippen molar-refractivity contribution < 1.29 is 4.74 Å². The number of benzene rings is 3. The van der Waals surface area contributed by atoms with Gasteiger partial charge in [-0.3, -0.25) is 9.36 Å². The molecule has 2 heterocycles. The molecule has 5 rings (SSSR count). The summed E-state index contributed by atoms with van der Waals surface area (Å²) < 4.78 is 7.34. The van der Waals surface area contributed by atoms with Crippen LogP contribution in [-0.4, -0.2) is 16.2 Å². The van der Waals surface area contributed by atoms with Gasteiger partial charge < -0.3 is 4.74 Å². The van der Waals surface area contributed by atoms with Crippen molar-refractivity contribution in [2.24, 2.45) is 0 Å². The minimum absolute atomic E-state index is 0.0752. The van der Waals surface area contributed by atoms with Crippen molar-refractivity contribution in [1.29, 1.82) is 5.26 Å². The second-order valence-electron chi connectivity index (χ2n) is 8.86. The Bertz CT molecular complexity index is 1500. The molecule has 0 saturated carbocycles. The van der Waals surface area contributed by atoms with Gasteiger partial charge in [0.05, 0.1) is 23.6 Å². The number of nitriles is 1. The van der Waals surface area contributed by atoms with Crippen molar-refractivity contribution in [3.8, 4) is 28.6 Å². The average Bonchev–Trinajstić information content (AvgIpc) is 3.35. The highest BCUT2D eigenvalue weighted by Crippen LogP contribution is 2.29. The Morgan fingerprint density at radius 2 is 1.91 bits per heavy atom. The van der Waals surface area contributed by atoms with Crippen LogP contribution in [0, 0.1) is 18.3 Å². The molecular formula is C30H27N3O2. The lowest BCUT2D eigenvalue weighted by Gasteiger charge is -2.17. The van der Waals surface area contributed by atoms with E-state index < -0.39 is 0 Å². The number of aromatic nitrogens is 2.